The van der Waals surface area contributed by atoms with Gasteiger partial charge in [-0.15, -0.1) is 11.3 Å². The number of hydrogen-bond acceptors (Lipinski definition) is 3. The van der Waals surface area contributed by atoms with Gasteiger partial charge in [0, 0.05) is 20.8 Å². The van der Waals surface area contributed by atoms with Crippen LogP contribution >= 0.6 is 11.3 Å². The van der Waals surface area contributed by atoms with Crippen molar-refractivity contribution in [3.63, 3.8) is 0 Å². The van der Waals surface area contributed by atoms with Gasteiger partial charge in [-0.2, -0.15) is 0 Å². The molecule has 0 amide bonds. The zero-order chi connectivity index (χ0) is 11.1. The second-order valence-electron chi connectivity index (χ2n) is 5.07. The first kappa shape index (κ1) is 11.7. The fourth-order valence-electron chi connectivity index (χ4n) is 1.44. The Labute approximate surface area is 90.3 Å². The molecule has 1 aromatic rings. The second kappa shape index (κ2) is 3.33. The van der Waals surface area contributed by atoms with Crippen LogP contribution in [0.1, 0.15) is 43.0 Å². The van der Waals surface area contributed by atoms with Crippen molar-refractivity contribution >= 4 is 11.3 Å². The Bertz CT molecular complexity index is 326. The van der Waals surface area contributed by atoms with Crippen molar-refractivity contribution < 1.29 is 0 Å². The molecule has 1 heterocycles. The van der Waals surface area contributed by atoms with Gasteiger partial charge < -0.3 is 11.5 Å². The topological polar surface area (TPSA) is 52.0 Å². The van der Waals surface area contributed by atoms with Gasteiger partial charge in [-0.05, 0) is 46.2 Å². The predicted octanol–water partition coefficient (Wildman–Crippen LogP) is 2.44. The van der Waals surface area contributed by atoms with Crippen LogP contribution in [0.15, 0.2) is 6.07 Å². The lowest BCUT2D eigenvalue weighted by Crippen LogP contribution is -2.28. The highest BCUT2D eigenvalue weighted by Gasteiger charge is 2.24. The summed E-state index contributed by atoms with van der Waals surface area (Å²) in [5.41, 5.74) is 12.9. The van der Waals surface area contributed by atoms with E-state index in [0.29, 0.717) is 0 Å². The summed E-state index contributed by atoms with van der Waals surface area (Å²) in [5.74, 6) is 0. The summed E-state index contributed by atoms with van der Waals surface area (Å²) in [6.45, 7) is 10.2. The minimum absolute atomic E-state index is 0.265. The lowest BCUT2D eigenvalue weighted by Gasteiger charge is -2.19. The van der Waals surface area contributed by atoms with Gasteiger partial charge in [0.15, 0.2) is 0 Å². The molecule has 1 rings (SSSR count). The monoisotopic (exact) mass is 212 g/mol. The summed E-state index contributed by atoms with van der Waals surface area (Å²) >= 11 is 1.72. The highest BCUT2D eigenvalue weighted by atomic mass is 32.1. The van der Waals surface area contributed by atoms with Gasteiger partial charge in [-0.25, -0.2) is 0 Å². The van der Waals surface area contributed by atoms with Crippen molar-refractivity contribution in [1.29, 1.82) is 0 Å². The Morgan fingerprint density at radius 2 is 1.57 bits per heavy atom. The Morgan fingerprint density at radius 3 is 1.79 bits per heavy atom. The number of aryl methyl sites for hydroxylation is 1. The first-order valence-corrected chi connectivity index (χ1v) is 5.63. The minimum atomic E-state index is -0.266. The average molecular weight is 212 g/mol. The number of nitrogens with two attached hydrogens (primary N) is 2. The van der Waals surface area contributed by atoms with Gasteiger partial charge >= 0.3 is 0 Å². The van der Waals surface area contributed by atoms with Gasteiger partial charge in [0.1, 0.15) is 0 Å². The van der Waals surface area contributed by atoms with Crippen molar-refractivity contribution in [2.24, 2.45) is 11.5 Å². The van der Waals surface area contributed by atoms with Crippen molar-refractivity contribution in [2.45, 2.75) is 45.7 Å². The largest absolute Gasteiger partial charge is 0.321 e. The van der Waals surface area contributed by atoms with E-state index >= 15 is 0 Å². The highest BCUT2D eigenvalue weighted by Crippen LogP contribution is 2.34. The predicted molar refractivity (Wildman–Crippen MR) is 63.5 cm³/mol. The standard InChI is InChI=1S/C11H20N2S/c1-7-6-8(10(2,3)12)14-9(7)11(4,5)13/h6H,12-13H2,1-5H3. The molecule has 14 heavy (non-hydrogen) atoms. The van der Waals surface area contributed by atoms with E-state index in [0.717, 1.165) is 0 Å². The first-order chi connectivity index (χ1) is 6.12. The molecule has 0 aromatic carbocycles. The highest BCUT2D eigenvalue weighted by molar-refractivity contribution is 7.12. The third-order valence-electron chi connectivity index (χ3n) is 2.14. The Morgan fingerprint density at radius 1 is 1.07 bits per heavy atom. The molecule has 3 heteroatoms. The van der Waals surface area contributed by atoms with E-state index in [4.69, 9.17) is 11.5 Å². The molecule has 0 spiro atoms. The third kappa shape index (κ3) is 2.35. The summed E-state index contributed by atoms with van der Waals surface area (Å²) in [6.07, 6.45) is 0. The molecule has 0 saturated carbocycles. The first-order valence-electron chi connectivity index (χ1n) is 4.81. The summed E-state index contributed by atoms with van der Waals surface area (Å²) in [4.78, 5) is 2.43. The van der Waals surface area contributed by atoms with Crippen LogP contribution < -0.4 is 11.5 Å². The molecule has 2 nitrogen and oxygen atoms in total. The molecule has 1 aromatic heterocycles. The third-order valence-corrected chi connectivity index (χ3v) is 4.05. The molecule has 0 radical (unpaired) electrons. The average Bonchev–Trinajstić information content (AvgIpc) is 2.27. The van der Waals surface area contributed by atoms with Crippen LogP contribution in [0.4, 0.5) is 0 Å². The van der Waals surface area contributed by atoms with E-state index in [-0.39, 0.29) is 11.1 Å². The number of hydrogen-bond donors (Lipinski definition) is 2. The summed E-state index contributed by atoms with van der Waals surface area (Å²) in [7, 11) is 0. The summed E-state index contributed by atoms with van der Waals surface area (Å²) in [5, 5.41) is 0. The smallest absolute Gasteiger partial charge is 0.0449 e. The minimum Gasteiger partial charge on any atom is -0.321 e. The maximum atomic E-state index is 6.08. The fourth-order valence-corrected chi connectivity index (χ4v) is 2.64. The lowest BCUT2D eigenvalue weighted by atomic mass is 10.00. The zero-order valence-electron chi connectivity index (χ0n) is 9.64. The van der Waals surface area contributed by atoms with E-state index < -0.39 is 0 Å². The maximum Gasteiger partial charge on any atom is 0.0449 e. The van der Waals surface area contributed by atoms with E-state index in [2.05, 4.69) is 13.0 Å². The van der Waals surface area contributed by atoms with Crippen molar-refractivity contribution in [3.05, 3.63) is 21.4 Å². The molecule has 0 aliphatic heterocycles. The van der Waals surface area contributed by atoms with Crippen molar-refractivity contribution in [1.82, 2.24) is 0 Å². The quantitative estimate of drug-likeness (QED) is 0.791. The molecule has 0 bridgehead atoms. The van der Waals surface area contributed by atoms with Crippen LogP contribution in [0.25, 0.3) is 0 Å². The second-order valence-corrected chi connectivity index (χ2v) is 6.12. The zero-order valence-corrected chi connectivity index (χ0v) is 10.5. The van der Waals surface area contributed by atoms with Crippen LogP contribution in [0, 0.1) is 6.92 Å². The summed E-state index contributed by atoms with van der Waals surface area (Å²) < 4.78 is 0. The molecular formula is C11H20N2S. The van der Waals surface area contributed by atoms with Gasteiger partial charge in [0.25, 0.3) is 0 Å². The molecule has 0 atom stereocenters. The normalized spacial score (nSPS) is 13.4. The maximum absolute atomic E-state index is 6.08. The number of thiophene rings is 1. The van der Waals surface area contributed by atoms with E-state index in [1.165, 1.54) is 15.3 Å². The van der Waals surface area contributed by atoms with Gasteiger partial charge in [0.05, 0.1) is 0 Å². The summed E-state index contributed by atoms with van der Waals surface area (Å²) in [6, 6.07) is 2.15. The molecular weight excluding hydrogens is 192 g/mol. The van der Waals surface area contributed by atoms with Crippen molar-refractivity contribution in [3.8, 4) is 0 Å². The van der Waals surface area contributed by atoms with Crippen LogP contribution in [0.2, 0.25) is 0 Å². The Balaban J connectivity index is 3.19. The molecule has 0 aliphatic carbocycles. The number of rotatable bonds is 2. The van der Waals surface area contributed by atoms with Crippen molar-refractivity contribution in [2.75, 3.05) is 0 Å². The molecule has 0 unspecified atom stereocenters. The lowest BCUT2D eigenvalue weighted by molar-refractivity contribution is 0.563. The molecule has 4 N–H and O–H groups in total. The molecule has 0 saturated heterocycles. The van der Waals surface area contributed by atoms with Crippen LogP contribution in [0.5, 0.6) is 0 Å². The molecule has 80 valence electrons. The molecule has 0 fully saturated rings. The van der Waals surface area contributed by atoms with Gasteiger partial charge in [-0.3, -0.25) is 0 Å². The van der Waals surface area contributed by atoms with Crippen LogP contribution in [-0.4, -0.2) is 0 Å². The SMILES string of the molecule is Cc1cc(C(C)(C)N)sc1C(C)(C)N. The van der Waals surface area contributed by atoms with Crippen LogP contribution in [0.3, 0.4) is 0 Å². The van der Waals surface area contributed by atoms with Crippen LogP contribution in [-0.2, 0) is 11.1 Å². The Kier molecular flexibility index (Phi) is 2.78. The fraction of sp³-hybridized carbons (Fsp3) is 0.636. The van der Waals surface area contributed by atoms with E-state index in [9.17, 15) is 0 Å². The van der Waals surface area contributed by atoms with E-state index in [1.807, 2.05) is 27.7 Å². The molecule has 0 aliphatic rings. The van der Waals surface area contributed by atoms with Gasteiger partial charge in [-0.1, -0.05) is 0 Å². The van der Waals surface area contributed by atoms with E-state index in [1.54, 1.807) is 11.3 Å². The van der Waals surface area contributed by atoms with Gasteiger partial charge in [0.2, 0.25) is 0 Å². The Hall–Kier alpha value is -0.380.